The maximum absolute atomic E-state index is 12.7. The molecule has 3 rings (SSSR count). The maximum atomic E-state index is 12.7. The van der Waals surface area contributed by atoms with Gasteiger partial charge in [0, 0.05) is 45.7 Å². The highest BCUT2D eigenvalue weighted by molar-refractivity contribution is 6.42. The van der Waals surface area contributed by atoms with E-state index in [4.69, 9.17) is 23.2 Å². The van der Waals surface area contributed by atoms with Gasteiger partial charge in [-0.05, 0) is 18.2 Å². The Morgan fingerprint density at radius 3 is 2.24 bits per heavy atom. The molecule has 8 heteroatoms. The number of hydrogen-bond acceptors (Lipinski definition) is 3. The third-order valence-corrected chi connectivity index (χ3v) is 5.07. The van der Waals surface area contributed by atoms with Crippen LogP contribution in [0.5, 0.6) is 0 Å². The highest BCUT2D eigenvalue weighted by Gasteiger charge is 2.25. The molecule has 1 saturated heterocycles. The summed E-state index contributed by atoms with van der Waals surface area (Å²) in [6, 6.07) is 7.06. The minimum atomic E-state index is -0.134. The van der Waals surface area contributed by atoms with Crippen LogP contribution in [0, 0.1) is 0 Å². The predicted octanol–water partition coefficient (Wildman–Crippen LogP) is 2.70. The first-order valence-electron chi connectivity index (χ1n) is 7.91. The Morgan fingerprint density at radius 1 is 1.00 bits per heavy atom. The van der Waals surface area contributed by atoms with Crippen molar-refractivity contribution in [2.45, 2.75) is 6.92 Å². The molecule has 0 spiro atoms. The van der Waals surface area contributed by atoms with Crippen molar-refractivity contribution in [3.05, 3.63) is 40.0 Å². The summed E-state index contributed by atoms with van der Waals surface area (Å²) in [5.41, 5.74) is 1.99. The van der Waals surface area contributed by atoms with Crippen LogP contribution in [0.25, 0.3) is 11.3 Å². The number of aromatic nitrogens is 2. The number of piperazine rings is 1. The van der Waals surface area contributed by atoms with Crippen LogP contribution in [0.4, 0.5) is 0 Å². The van der Waals surface area contributed by atoms with Gasteiger partial charge in [-0.3, -0.25) is 14.3 Å². The summed E-state index contributed by atoms with van der Waals surface area (Å²) in [4.78, 5) is 27.5. The molecule has 2 aromatic rings. The van der Waals surface area contributed by atoms with Crippen LogP contribution in [0.2, 0.25) is 10.0 Å². The lowest BCUT2D eigenvalue weighted by Gasteiger charge is -2.33. The third-order valence-electron chi connectivity index (χ3n) is 4.33. The minimum absolute atomic E-state index is 0.0341. The number of nitrogens with zero attached hydrogens (tertiary/aromatic N) is 4. The van der Waals surface area contributed by atoms with Gasteiger partial charge in [0.2, 0.25) is 5.91 Å². The Kier molecular flexibility index (Phi) is 5.01. The maximum Gasteiger partial charge on any atom is 0.274 e. The summed E-state index contributed by atoms with van der Waals surface area (Å²) in [5.74, 6) is -0.100. The SMILES string of the molecule is CC(=O)N1CCN(C(=O)c2cc(-c3ccc(Cl)c(Cl)c3)n(C)n2)CC1. The van der Waals surface area contributed by atoms with Crippen LogP contribution < -0.4 is 0 Å². The average molecular weight is 381 g/mol. The zero-order valence-electron chi connectivity index (χ0n) is 14.0. The highest BCUT2D eigenvalue weighted by atomic mass is 35.5. The van der Waals surface area contributed by atoms with E-state index in [1.165, 1.54) is 0 Å². The van der Waals surface area contributed by atoms with Crippen molar-refractivity contribution >= 4 is 35.0 Å². The van der Waals surface area contributed by atoms with Crippen molar-refractivity contribution in [2.24, 2.45) is 7.05 Å². The molecule has 132 valence electrons. The molecular weight excluding hydrogens is 363 g/mol. The number of hydrogen-bond donors (Lipinski definition) is 0. The van der Waals surface area contributed by atoms with Gasteiger partial charge in [0.25, 0.3) is 5.91 Å². The molecule has 0 N–H and O–H groups in total. The van der Waals surface area contributed by atoms with Gasteiger partial charge in [-0.2, -0.15) is 5.10 Å². The van der Waals surface area contributed by atoms with Crippen molar-refractivity contribution in [1.82, 2.24) is 19.6 Å². The molecular formula is C17H18Cl2N4O2. The van der Waals surface area contributed by atoms with E-state index in [1.54, 1.807) is 46.7 Å². The van der Waals surface area contributed by atoms with E-state index in [0.717, 1.165) is 11.3 Å². The molecule has 0 bridgehead atoms. The van der Waals surface area contributed by atoms with E-state index in [1.807, 2.05) is 6.07 Å². The molecule has 0 radical (unpaired) electrons. The summed E-state index contributed by atoms with van der Waals surface area (Å²) in [6.07, 6.45) is 0. The molecule has 1 fully saturated rings. The zero-order valence-corrected chi connectivity index (χ0v) is 15.5. The molecule has 0 atom stereocenters. The monoisotopic (exact) mass is 380 g/mol. The lowest BCUT2D eigenvalue weighted by Crippen LogP contribution is -2.50. The Labute approximate surface area is 155 Å². The van der Waals surface area contributed by atoms with E-state index in [0.29, 0.717) is 41.9 Å². The van der Waals surface area contributed by atoms with E-state index >= 15 is 0 Å². The van der Waals surface area contributed by atoms with E-state index in [-0.39, 0.29) is 11.8 Å². The van der Waals surface area contributed by atoms with Crippen LogP contribution in [-0.4, -0.2) is 57.6 Å². The van der Waals surface area contributed by atoms with Crippen molar-refractivity contribution < 1.29 is 9.59 Å². The fourth-order valence-corrected chi connectivity index (χ4v) is 3.18. The van der Waals surface area contributed by atoms with Gasteiger partial charge in [0.05, 0.1) is 15.7 Å². The first-order valence-corrected chi connectivity index (χ1v) is 8.66. The van der Waals surface area contributed by atoms with Crippen molar-refractivity contribution in [1.29, 1.82) is 0 Å². The number of amides is 2. The first kappa shape index (κ1) is 17.8. The van der Waals surface area contributed by atoms with Crippen LogP contribution >= 0.6 is 23.2 Å². The second-order valence-electron chi connectivity index (χ2n) is 5.97. The molecule has 6 nitrogen and oxygen atoms in total. The Balaban J connectivity index is 1.79. The lowest BCUT2D eigenvalue weighted by molar-refractivity contribution is -0.130. The quantitative estimate of drug-likeness (QED) is 0.804. The van der Waals surface area contributed by atoms with Gasteiger partial charge in [-0.1, -0.05) is 29.3 Å². The fourth-order valence-electron chi connectivity index (χ4n) is 2.88. The topological polar surface area (TPSA) is 58.4 Å². The summed E-state index contributed by atoms with van der Waals surface area (Å²) in [7, 11) is 1.78. The average Bonchev–Trinajstić information content (AvgIpc) is 2.98. The van der Waals surface area contributed by atoms with Gasteiger partial charge in [-0.25, -0.2) is 0 Å². The van der Waals surface area contributed by atoms with E-state index < -0.39 is 0 Å². The molecule has 0 aliphatic carbocycles. The smallest absolute Gasteiger partial charge is 0.274 e. The van der Waals surface area contributed by atoms with Gasteiger partial charge < -0.3 is 9.80 Å². The molecule has 1 aromatic carbocycles. The Hall–Kier alpha value is -2.05. The Bertz CT molecular complexity index is 826. The zero-order chi connectivity index (χ0) is 18.1. The second-order valence-corrected chi connectivity index (χ2v) is 6.78. The standard InChI is InChI=1S/C17H18Cl2N4O2/c1-11(24)22-5-7-23(8-6-22)17(25)15-10-16(21(2)20-15)12-3-4-13(18)14(19)9-12/h3-4,9-10H,5-8H2,1-2H3. The molecule has 1 aromatic heterocycles. The number of rotatable bonds is 2. The largest absolute Gasteiger partial charge is 0.339 e. The summed E-state index contributed by atoms with van der Waals surface area (Å²) in [5, 5.41) is 5.27. The van der Waals surface area contributed by atoms with Gasteiger partial charge in [0.1, 0.15) is 0 Å². The molecule has 1 aliphatic heterocycles. The molecule has 25 heavy (non-hydrogen) atoms. The molecule has 0 saturated carbocycles. The Morgan fingerprint density at radius 2 is 1.64 bits per heavy atom. The number of aryl methyl sites for hydroxylation is 1. The summed E-state index contributed by atoms with van der Waals surface area (Å²) in [6.45, 7) is 3.66. The second kappa shape index (κ2) is 7.06. The number of carbonyl (C=O) groups is 2. The van der Waals surface area contributed by atoms with Crippen LogP contribution in [-0.2, 0) is 11.8 Å². The lowest BCUT2D eigenvalue weighted by atomic mass is 10.1. The summed E-state index contributed by atoms with van der Waals surface area (Å²) >= 11 is 12.0. The van der Waals surface area contributed by atoms with Crippen molar-refractivity contribution in [3.63, 3.8) is 0 Å². The molecule has 1 aliphatic rings. The number of carbonyl (C=O) groups excluding carboxylic acids is 2. The highest BCUT2D eigenvalue weighted by Crippen LogP contribution is 2.29. The van der Waals surface area contributed by atoms with Crippen LogP contribution in [0.3, 0.4) is 0 Å². The van der Waals surface area contributed by atoms with Crippen LogP contribution in [0.15, 0.2) is 24.3 Å². The summed E-state index contributed by atoms with van der Waals surface area (Å²) < 4.78 is 1.65. The molecule has 2 heterocycles. The number of halogens is 2. The molecule has 2 amide bonds. The molecule has 0 unspecified atom stereocenters. The number of benzene rings is 1. The van der Waals surface area contributed by atoms with E-state index in [2.05, 4.69) is 5.10 Å². The normalized spacial score (nSPS) is 14.7. The third kappa shape index (κ3) is 3.65. The first-order chi connectivity index (χ1) is 11.9. The van der Waals surface area contributed by atoms with Gasteiger partial charge in [-0.15, -0.1) is 0 Å². The fraction of sp³-hybridized carbons (Fsp3) is 0.353. The van der Waals surface area contributed by atoms with Gasteiger partial charge >= 0.3 is 0 Å². The van der Waals surface area contributed by atoms with Crippen molar-refractivity contribution in [3.8, 4) is 11.3 Å². The van der Waals surface area contributed by atoms with E-state index in [9.17, 15) is 9.59 Å². The van der Waals surface area contributed by atoms with Crippen molar-refractivity contribution in [2.75, 3.05) is 26.2 Å². The minimum Gasteiger partial charge on any atom is -0.339 e. The predicted molar refractivity (Wildman–Crippen MR) is 96.8 cm³/mol. The van der Waals surface area contributed by atoms with Gasteiger partial charge in [0.15, 0.2) is 5.69 Å². The van der Waals surface area contributed by atoms with Crippen LogP contribution in [0.1, 0.15) is 17.4 Å².